The summed E-state index contributed by atoms with van der Waals surface area (Å²) in [5.41, 5.74) is 1.61. The van der Waals surface area contributed by atoms with Gasteiger partial charge in [-0.3, -0.25) is 9.78 Å². The van der Waals surface area contributed by atoms with Gasteiger partial charge in [-0.15, -0.1) is 0 Å². The highest BCUT2D eigenvalue weighted by atomic mass is 16.5. The number of nitrogens with one attached hydrogen (secondary N) is 1. The zero-order valence-corrected chi connectivity index (χ0v) is 11.7. The van der Waals surface area contributed by atoms with Crippen LogP contribution in [-0.4, -0.2) is 27.1 Å². The van der Waals surface area contributed by atoms with E-state index in [9.17, 15) is 9.59 Å². The van der Waals surface area contributed by atoms with Crippen molar-refractivity contribution in [3.63, 3.8) is 0 Å². The zero-order chi connectivity index (χ0) is 15.4. The summed E-state index contributed by atoms with van der Waals surface area (Å²) in [6.07, 6.45) is 1.99. The fourth-order valence-electron chi connectivity index (χ4n) is 1.92. The number of aromatic nitrogens is 2. The van der Waals surface area contributed by atoms with Gasteiger partial charge < -0.3 is 14.9 Å². The first-order valence-corrected chi connectivity index (χ1v) is 6.44. The van der Waals surface area contributed by atoms with Crippen molar-refractivity contribution in [3.8, 4) is 0 Å². The summed E-state index contributed by atoms with van der Waals surface area (Å²) in [7, 11) is 0. The van der Waals surface area contributed by atoms with Crippen LogP contribution in [0.1, 0.15) is 44.8 Å². The molecule has 1 amide bonds. The van der Waals surface area contributed by atoms with Crippen LogP contribution in [0.3, 0.4) is 0 Å². The Morgan fingerprint density at radius 2 is 2.19 bits per heavy atom. The van der Waals surface area contributed by atoms with Crippen LogP contribution in [0.5, 0.6) is 0 Å². The van der Waals surface area contributed by atoms with Gasteiger partial charge in [0.1, 0.15) is 11.3 Å². The van der Waals surface area contributed by atoms with Gasteiger partial charge in [-0.25, -0.2) is 4.79 Å². The van der Waals surface area contributed by atoms with Crippen molar-refractivity contribution in [2.45, 2.75) is 26.8 Å². The molecular weight excluding hydrogens is 274 g/mol. The summed E-state index contributed by atoms with van der Waals surface area (Å²) < 4.78 is 5.01. The van der Waals surface area contributed by atoms with Crippen molar-refractivity contribution in [2.75, 3.05) is 0 Å². The molecule has 2 heterocycles. The molecule has 0 aliphatic carbocycles. The number of hydrogen-bond donors (Lipinski definition) is 2. The summed E-state index contributed by atoms with van der Waals surface area (Å²) in [6, 6.07) is 2.82. The number of rotatable bonds is 5. The number of aromatic carboxylic acids is 1. The Labute approximate surface area is 121 Å². The molecule has 7 nitrogen and oxygen atoms in total. The second-order valence-corrected chi connectivity index (χ2v) is 4.44. The molecule has 0 bridgehead atoms. The molecule has 110 valence electrons. The number of nitrogens with zero attached hydrogens (tertiary/aromatic N) is 2. The number of carbonyl (C=O) groups is 2. The highest BCUT2D eigenvalue weighted by Crippen LogP contribution is 2.14. The Bertz CT molecular complexity index is 679. The van der Waals surface area contributed by atoms with Crippen LogP contribution in [0, 0.1) is 6.92 Å². The van der Waals surface area contributed by atoms with E-state index >= 15 is 0 Å². The molecule has 21 heavy (non-hydrogen) atoms. The molecule has 0 aromatic carbocycles. The Morgan fingerprint density at radius 3 is 2.86 bits per heavy atom. The third-order valence-electron chi connectivity index (χ3n) is 2.99. The van der Waals surface area contributed by atoms with Gasteiger partial charge in [0, 0.05) is 6.20 Å². The van der Waals surface area contributed by atoms with Crippen molar-refractivity contribution < 1.29 is 19.2 Å². The monoisotopic (exact) mass is 289 g/mol. The molecule has 0 aliphatic rings. The SMILES string of the molecule is CCc1noc(C)c1C(=O)NCc1cc(C(=O)O)ccn1. The first-order chi connectivity index (χ1) is 10.0. The number of carboxylic acids is 1. The van der Waals surface area contributed by atoms with E-state index in [0.29, 0.717) is 29.1 Å². The lowest BCUT2D eigenvalue weighted by molar-refractivity contribution is 0.0696. The van der Waals surface area contributed by atoms with Gasteiger partial charge in [0.15, 0.2) is 0 Å². The van der Waals surface area contributed by atoms with Crippen LogP contribution in [0.2, 0.25) is 0 Å². The van der Waals surface area contributed by atoms with Crippen LogP contribution in [0.15, 0.2) is 22.9 Å². The standard InChI is InChI=1S/C14H15N3O4/c1-3-11-12(8(2)21-17-11)13(18)16-7-10-6-9(14(19)20)4-5-15-10/h4-6H,3,7H2,1-2H3,(H,16,18)(H,19,20). The van der Waals surface area contributed by atoms with Crippen molar-refractivity contribution >= 4 is 11.9 Å². The molecule has 7 heteroatoms. The fourth-order valence-corrected chi connectivity index (χ4v) is 1.92. The second kappa shape index (κ2) is 6.17. The summed E-state index contributed by atoms with van der Waals surface area (Å²) >= 11 is 0. The number of carbonyl (C=O) groups excluding carboxylic acids is 1. The van der Waals surface area contributed by atoms with Gasteiger partial charge >= 0.3 is 5.97 Å². The molecule has 2 rings (SSSR count). The zero-order valence-electron chi connectivity index (χ0n) is 11.7. The molecular formula is C14H15N3O4. The van der Waals surface area contributed by atoms with E-state index in [2.05, 4.69) is 15.5 Å². The first kappa shape index (κ1) is 14.7. The van der Waals surface area contributed by atoms with E-state index in [0.717, 1.165) is 0 Å². The normalized spacial score (nSPS) is 10.4. The predicted molar refractivity (Wildman–Crippen MR) is 73.0 cm³/mol. The molecule has 0 saturated heterocycles. The molecule has 0 unspecified atom stereocenters. The van der Waals surface area contributed by atoms with Gasteiger partial charge in [0.2, 0.25) is 0 Å². The second-order valence-electron chi connectivity index (χ2n) is 4.44. The van der Waals surface area contributed by atoms with Crippen molar-refractivity contribution in [2.24, 2.45) is 0 Å². The lowest BCUT2D eigenvalue weighted by Gasteiger charge is -2.05. The van der Waals surface area contributed by atoms with Crippen LogP contribution >= 0.6 is 0 Å². The van der Waals surface area contributed by atoms with Crippen LogP contribution in [0.25, 0.3) is 0 Å². The molecule has 2 N–H and O–H groups in total. The minimum absolute atomic E-state index is 0.129. The Balaban J connectivity index is 2.09. The van der Waals surface area contributed by atoms with Gasteiger partial charge in [-0.05, 0) is 25.5 Å². The van der Waals surface area contributed by atoms with Crippen LogP contribution in [-0.2, 0) is 13.0 Å². The largest absolute Gasteiger partial charge is 0.478 e. The van der Waals surface area contributed by atoms with E-state index in [4.69, 9.17) is 9.63 Å². The molecule has 0 radical (unpaired) electrons. The quantitative estimate of drug-likeness (QED) is 0.865. The van der Waals surface area contributed by atoms with E-state index in [-0.39, 0.29) is 18.0 Å². The Kier molecular flexibility index (Phi) is 4.32. The van der Waals surface area contributed by atoms with E-state index < -0.39 is 5.97 Å². The molecule has 2 aromatic heterocycles. The number of aryl methyl sites for hydroxylation is 2. The minimum Gasteiger partial charge on any atom is -0.478 e. The molecule has 0 fully saturated rings. The van der Waals surface area contributed by atoms with Crippen molar-refractivity contribution in [3.05, 3.63) is 46.6 Å². The number of pyridine rings is 1. The van der Waals surface area contributed by atoms with E-state index in [1.807, 2.05) is 6.92 Å². The Hall–Kier alpha value is -2.70. The lowest BCUT2D eigenvalue weighted by atomic mass is 10.1. The molecule has 2 aromatic rings. The molecule has 0 saturated carbocycles. The third kappa shape index (κ3) is 3.25. The average molecular weight is 289 g/mol. The lowest BCUT2D eigenvalue weighted by Crippen LogP contribution is -2.24. The van der Waals surface area contributed by atoms with Crippen molar-refractivity contribution in [1.29, 1.82) is 0 Å². The fraction of sp³-hybridized carbons (Fsp3) is 0.286. The highest BCUT2D eigenvalue weighted by Gasteiger charge is 2.18. The van der Waals surface area contributed by atoms with E-state index in [1.165, 1.54) is 18.3 Å². The van der Waals surface area contributed by atoms with E-state index in [1.54, 1.807) is 6.92 Å². The molecule has 0 spiro atoms. The number of hydrogen-bond acceptors (Lipinski definition) is 5. The summed E-state index contributed by atoms with van der Waals surface area (Å²) in [5, 5.41) is 15.4. The predicted octanol–water partition coefficient (Wildman–Crippen LogP) is 1.57. The molecule has 0 aliphatic heterocycles. The number of carboxylic acid groups (broad SMARTS) is 1. The number of amides is 1. The van der Waals surface area contributed by atoms with Gasteiger partial charge in [-0.1, -0.05) is 12.1 Å². The maximum absolute atomic E-state index is 12.1. The first-order valence-electron chi connectivity index (χ1n) is 6.44. The summed E-state index contributed by atoms with van der Waals surface area (Å²) in [5.74, 6) is -0.891. The van der Waals surface area contributed by atoms with Crippen LogP contribution < -0.4 is 5.32 Å². The average Bonchev–Trinajstić information content (AvgIpc) is 2.86. The highest BCUT2D eigenvalue weighted by molar-refractivity contribution is 5.96. The molecule has 0 atom stereocenters. The summed E-state index contributed by atoms with van der Waals surface area (Å²) in [4.78, 5) is 27.0. The maximum atomic E-state index is 12.1. The van der Waals surface area contributed by atoms with Gasteiger partial charge in [-0.2, -0.15) is 0 Å². The van der Waals surface area contributed by atoms with Crippen LogP contribution in [0.4, 0.5) is 0 Å². The van der Waals surface area contributed by atoms with Gasteiger partial charge in [0.25, 0.3) is 5.91 Å². The topological polar surface area (TPSA) is 105 Å². The minimum atomic E-state index is -1.03. The third-order valence-corrected chi connectivity index (χ3v) is 2.99. The smallest absolute Gasteiger partial charge is 0.335 e. The Morgan fingerprint density at radius 1 is 1.43 bits per heavy atom. The van der Waals surface area contributed by atoms with Gasteiger partial charge in [0.05, 0.1) is 23.5 Å². The summed E-state index contributed by atoms with van der Waals surface area (Å²) in [6.45, 7) is 3.68. The maximum Gasteiger partial charge on any atom is 0.335 e. The van der Waals surface area contributed by atoms with Crippen molar-refractivity contribution in [1.82, 2.24) is 15.5 Å².